The zero-order valence-corrected chi connectivity index (χ0v) is 11.7. The van der Waals surface area contributed by atoms with Gasteiger partial charge in [-0.2, -0.15) is 0 Å². The number of halogens is 4. The second-order valence-corrected chi connectivity index (χ2v) is 5.18. The Bertz CT molecular complexity index is 510. The van der Waals surface area contributed by atoms with Crippen LogP contribution in [0.1, 0.15) is 16.5 Å². The number of rotatable bonds is 2. The maximum absolute atomic E-state index is 6.32. The minimum absolute atomic E-state index is 0.390. The van der Waals surface area contributed by atoms with E-state index in [4.69, 9.17) is 39.2 Å². The Morgan fingerprint density at radius 2 is 1.88 bits per heavy atom. The van der Waals surface area contributed by atoms with Gasteiger partial charge >= 0.3 is 0 Å². The van der Waals surface area contributed by atoms with Crippen molar-refractivity contribution in [1.82, 2.24) is 0 Å². The van der Waals surface area contributed by atoms with Crippen LogP contribution in [0.15, 0.2) is 39.6 Å². The summed E-state index contributed by atoms with van der Waals surface area (Å²) in [5, 5.41) is 0.793. The summed E-state index contributed by atoms with van der Waals surface area (Å²) in [6.07, 6.45) is 1.56. The average molecular weight is 340 g/mol. The monoisotopic (exact) mass is 338 g/mol. The van der Waals surface area contributed by atoms with Crippen LogP contribution in [-0.2, 0) is 0 Å². The first-order valence-electron chi connectivity index (χ1n) is 4.41. The van der Waals surface area contributed by atoms with Crippen molar-refractivity contribution in [3.05, 3.63) is 56.4 Å². The number of hydrogen-bond acceptors (Lipinski definition) is 1. The Balaban J connectivity index is 2.45. The maximum atomic E-state index is 6.32. The van der Waals surface area contributed by atoms with Crippen molar-refractivity contribution in [1.29, 1.82) is 0 Å². The lowest BCUT2D eigenvalue weighted by molar-refractivity contribution is 0.537. The molecule has 0 radical (unpaired) electrons. The topological polar surface area (TPSA) is 13.1 Å². The molecule has 84 valence electrons. The van der Waals surface area contributed by atoms with Crippen LogP contribution >= 0.6 is 50.7 Å². The minimum Gasteiger partial charge on any atom is -0.457 e. The van der Waals surface area contributed by atoms with Gasteiger partial charge in [-0.25, -0.2) is 0 Å². The number of benzene rings is 1. The normalized spacial score (nSPS) is 12.8. The average Bonchev–Trinajstić information content (AvgIpc) is 2.67. The zero-order chi connectivity index (χ0) is 11.7. The largest absolute Gasteiger partial charge is 0.457 e. The fourth-order valence-corrected chi connectivity index (χ4v) is 2.78. The van der Waals surface area contributed by atoms with E-state index in [1.807, 2.05) is 0 Å². The molecule has 1 aromatic carbocycles. The number of hydrogen-bond donors (Lipinski definition) is 0. The van der Waals surface area contributed by atoms with Crippen LogP contribution in [-0.4, -0.2) is 0 Å². The van der Waals surface area contributed by atoms with Gasteiger partial charge in [-0.15, -0.1) is 11.6 Å². The summed E-state index contributed by atoms with van der Waals surface area (Å²) in [4.78, 5) is 0. The number of furan rings is 1. The maximum Gasteiger partial charge on any atom is 0.173 e. The van der Waals surface area contributed by atoms with E-state index < -0.39 is 0 Å². The molecule has 0 amide bonds. The first kappa shape index (κ1) is 12.3. The fourth-order valence-electron chi connectivity index (χ4n) is 1.36. The minimum atomic E-state index is -0.390. The third-order valence-electron chi connectivity index (χ3n) is 2.15. The predicted octanol–water partition coefficient (Wildman–Crippen LogP) is 5.68. The molecule has 1 heterocycles. The van der Waals surface area contributed by atoms with E-state index in [0.29, 0.717) is 14.7 Å². The van der Waals surface area contributed by atoms with Crippen LogP contribution in [0.4, 0.5) is 0 Å². The van der Waals surface area contributed by atoms with Gasteiger partial charge in [0.2, 0.25) is 0 Å². The lowest BCUT2D eigenvalue weighted by Gasteiger charge is -2.10. The van der Waals surface area contributed by atoms with Crippen molar-refractivity contribution in [2.24, 2.45) is 0 Å². The first-order chi connectivity index (χ1) is 7.59. The summed E-state index contributed by atoms with van der Waals surface area (Å²) in [5.74, 6) is 0. The molecule has 0 aliphatic rings. The van der Waals surface area contributed by atoms with Crippen LogP contribution in [0, 0.1) is 0 Å². The highest BCUT2D eigenvalue weighted by Gasteiger charge is 2.18. The summed E-state index contributed by atoms with van der Waals surface area (Å²) >= 11 is 21.6. The van der Waals surface area contributed by atoms with E-state index >= 15 is 0 Å². The highest BCUT2D eigenvalue weighted by atomic mass is 79.9. The van der Waals surface area contributed by atoms with Crippen LogP contribution in [0.2, 0.25) is 10.0 Å². The zero-order valence-electron chi connectivity index (χ0n) is 7.88. The Morgan fingerprint density at radius 1 is 1.12 bits per heavy atom. The molecule has 0 N–H and O–H groups in total. The Labute approximate surface area is 116 Å². The molecule has 2 aromatic rings. The molecule has 1 nitrogen and oxygen atoms in total. The van der Waals surface area contributed by atoms with Crippen molar-refractivity contribution < 1.29 is 4.42 Å². The van der Waals surface area contributed by atoms with Crippen molar-refractivity contribution >= 4 is 50.7 Å². The van der Waals surface area contributed by atoms with Gasteiger partial charge in [-0.1, -0.05) is 23.2 Å². The van der Waals surface area contributed by atoms with Gasteiger partial charge in [0, 0.05) is 15.6 Å². The fraction of sp³-hybridized carbons (Fsp3) is 0.0909. The molecular formula is C11H6BrCl3O. The van der Waals surface area contributed by atoms with Crippen molar-refractivity contribution in [3.63, 3.8) is 0 Å². The molecule has 0 spiro atoms. The van der Waals surface area contributed by atoms with Gasteiger partial charge in [0.05, 0.1) is 11.6 Å². The van der Waals surface area contributed by atoms with Gasteiger partial charge < -0.3 is 4.42 Å². The second-order valence-electron chi connectivity index (χ2n) is 3.18. The Morgan fingerprint density at radius 3 is 2.50 bits per heavy atom. The first-order valence-corrected chi connectivity index (χ1v) is 6.40. The standard InChI is InChI=1S/C11H6BrCl3O/c12-11-7(3-4-16-11)10(15)8-5-6(13)1-2-9(8)14/h1-5,10H. The quantitative estimate of drug-likeness (QED) is 0.641. The summed E-state index contributed by atoms with van der Waals surface area (Å²) < 4.78 is 5.73. The molecule has 5 heteroatoms. The van der Waals surface area contributed by atoms with Crippen LogP contribution < -0.4 is 0 Å². The lowest BCUT2D eigenvalue weighted by Crippen LogP contribution is -1.93. The third-order valence-corrected chi connectivity index (χ3v) is 3.84. The van der Waals surface area contributed by atoms with E-state index in [9.17, 15) is 0 Å². The van der Waals surface area contributed by atoms with E-state index in [-0.39, 0.29) is 5.38 Å². The van der Waals surface area contributed by atoms with Gasteiger partial charge in [-0.05, 0) is 45.8 Å². The Hall–Kier alpha value is -0.150. The molecule has 1 atom stereocenters. The van der Waals surface area contributed by atoms with Crippen LogP contribution in [0.25, 0.3) is 0 Å². The van der Waals surface area contributed by atoms with Gasteiger partial charge in [-0.3, -0.25) is 0 Å². The molecule has 2 rings (SSSR count). The highest BCUT2D eigenvalue weighted by molar-refractivity contribution is 9.10. The van der Waals surface area contributed by atoms with E-state index in [1.165, 1.54) is 0 Å². The lowest BCUT2D eigenvalue weighted by atomic mass is 10.1. The van der Waals surface area contributed by atoms with Crippen LogP contribution in [0.5, 0.6) is 0 Å². The molecule has 0 aliphatic heterocycles. The summed E-state index contributed by atoms with van der Waals surface area (Å²) in [7, 11) is 0. The van der Waals surface area contributed by atoms with Crippen LogP contribution in [0.3, 0.4) is 0 Å². The molecule has 1 aromatic heterocycles. The molecule has 0 saturated carbocycles. The second kappa shape index (κ2) is 5.01. The molecule has 16 heavy (non-hydrogen) atoms. The van der Waals surface area contributed by atoms with Crippen molar-refractivity contribution in [3.8, 4) is 0 Å². The predicted molar refractivity (Wildman–Crippen MR) is 70.6 cm³/mol. The van der Waals surface area contributed by atoms with Crippen molar-refractivity contribution in [2.45, 2.75) is 5.38 Å². The summed E-state index contributed by atoms with van der Waals surface area (Å²) in [5.41, 5.74) is 1.59. The molecule has 0 aliphatic carbocycles. The van der Waals surface area contributed by atoms with E-state index in [0.717, 1.165) is 11.1 Å². The number of alkyl halides is 1. The smallest absolute Gasteiger partial charge is 0.173 e. The van der Waals surface area contributed by atoms with E-state index in [1.54, 1.807) is 30.5 Å². The van der Waals surface area contributed by atoms with Gasteiger partial charge in [0.1, 0.15) is 0 Å². The molecule has 0 bridgehead atoms. The molecule has 0 saturated heterocycles. The van der Waals surface area contributed by atoms with Gasteiger partial charge in [0.15, 0.2) is 4.67 Å². The third kappa shape index (κ3) is 2.40. The van der Waals surface area contributed by atoms with E-state index in [2.05, 4.69) is 15.9 Å². The Kier molecular flexibility index (Phi) is 3.85. The molecular weight excluding hydrogens is 334 g/mol. The molecule has 1 unspecified atom stereocenters. The van der Waals surface area contributed by atoms with Crippen molar-refractivity contribution in [2.75, 3.05) is 0 Å². The van der Waals surface area contributed by atoms with Gasteiger partial charge in [0.25, 0.3) is 0 Å². The molecule has 0 fully saturated rings. The SMILES string of the molecule is Clc1ccc(Cl)c(C(Cl)c2ccoc2Br)c1. The summed E-state index contributed by atoms with van der Waals surface area (Å²) in [6.45, 7) is 0. The highest BCUT2D eigenvalue weighted by Crippen LogP contribution is 2.38. The summed E-state index contributed by atoms with van der Waals surface area (Å²) in [6, 6.07) is 6.99.